The quantitative estimate of drug-likeness (QED) is 0.780. The van der Waals surface area contributed by atoms with E-state index in [1.807, 2.05) is 0 Å². The van der Waals surface area contributed by atoms with Crippen molar-refractivity contribution < 1.29 is 9.47 Å². The fourth-order valence-corrected chi connectivity index (χ4v) is 3.73. The molecule has 0 bridgehead atoms. The van der Waals surface area contributed by atoms with Crippen LogP contribution in [-0.4, -0.2) is 18.3 Å². The molecule has 1 heterocycles. The van der Waals surface area contributed by atoms with Gasteiger partial charge in [-0.1, -0.05) is 38.8 Å². The van der Waals surface area contributed by atoms with Crippen molar-refractivity contribution in [2.75, 3.05) is 6.61 Å². The maximum absolute atomic E-state index is 6.38. The Morgan fingerprint density at radius 3 is 2.71 bits per heavy atom. The Morgan fingerprint density at radius 2 is 2.00 bits per heavy atom. The van der Waals surface area contributed by atoms with Gasteiger partial charge in [-0.15, -0.1) is 0 Å². The van der Waals surface area contributed by atoms with Crippen LogP contribution in [0.5, 0.6) is 5.75 Å². The number of hydrogen-bond donors (Lipinski definition) is 0. The third kappa shape index (κ3) is 3.26. The largest absolute Gasteiger partial charge is 0.490 e. The van der Waals surface area contributed by atoms with E-state index in [9.17, 15) is 0 Å². The lowest BCUT2D eigenvalue weighted by Crippen LogP contribution is -2.41. The van der Waals surface area contributed by atoms with Gasteiger partial charge in [0.15, 0.2) is 0 Å². The van der Waals surface area contributed by atoms with Crippen LogP contribution < -0.4 is 4.74 Å². The predicted octanol–water partition coefficient (Wildman–Crippen LogP) is 4.99. The topological polar surface area (TPSA) is 18.5 Å². The second-order valence-electron chi connectivity index (χ2n) is 7.15. The summed E-state index contributed by atoms with van der Waals surface area (Å²) in [7, 11) is 0. The maximum Gasteiger partial charge on any atom is 0.122 e. The van der Waals surface area contributed by atoms with Crippen molar-refractivity contribution in [1.29, 1.82) is 0 Å². The number of aryl methyl sites for hydroxylation is 1. The minimum Gasteiger partial charge on any atom is -0.490 e. The molecule has 0 amide bonds. The molecule has 1 aromatic rings. The molecule has 0 radical (unpaired) electrons. The van der Waals surface area contributed by atoms with Gasteiger partial charge in [-0.2, -0.15) is 0 Å². The van der Waals surface area contributed by atoms with E-state index in [1.54, 1.807) is 0 Å². The number of hydrogen-bond acceptors (Lipinski definition) is 2. The highest BCUT2D eigenvalue weighted by atomic mass is 16.5. The average molecular weight is 288 g/mol. The lowest BCUT2D eigenvalue weighted by atomic mass is 9.90. The third-order valence-electron chi connectivity index (χ3n) is 5.14. The molecule has 21 heavy (non-hydrogen) atoms. The monoisotopic (exact) mass is 288 g/mol. The predicted molar refractivity (Wildman–Crippen MR) is 86.1 cm³/mol. The molecule has 116 valence electrons. The molecule has 0 N–H and O–H groups in total. The van der Waals surface area contributed by atoms with Crippen LogP contribution in [0.3, 0.4) is 0 Å². The molecule has 2 nitrogen and oxygen atoms in total. The second kappa shape index (κ2) is 6.00. The van der Waals surface area contributed by atoms with Crippen molar-refractivity contribution in [2.45, 2.75) is 76.9 Å². The molecular weight excluding hydrogens is 260 g/mol. The van der Waals surface area contributed by atoms with Gasteiger partial charge in [-0.05, 0) is 42.9 Å². The molecule has 2 heteroatoms. The molecule has 1 saturated carbocycles. The maximum atomic E-state index is 6.38. The van der Waals surface area contributed by atoms with E-state index in [1.165, 1.54) is 36.8 Å². The first-order valence-corrected chi connectivity index (χ1v) is 8.49. The van der Waals surface area contributed by atoms with E-state index < -0.39 is 0 Å². The van der Waals surface area contributed by atoms with Crippen molar-refractivity contribution in [3.63, 3.8) is 0 Å². The van der Waals surface area contributed by atoms with E-state index in [0.29, 0.717) is 12.0 Å². The first kappa shape index (κ1) is 14.9. The summed E-state index contributed by atoms with van der Waals surface area (Å²) in [4.78, 5) is 0. The molecular formula is C19H28O2. The normalized spacial score (nSPS) is 24.7. The van der Waals surface area contributed by atoms with E-state index in [2.05, 4.69) is 39.0 Å². The van der Waals surface area contributed by atoms with Gasteiger partial charge in [0.25, 0.3) is 0 Å². The fraction of sp³-hybridized carbons (Fsp3) is 0.684. The number of ether oxygens (including phenoxy) is 2. The van der Waals surface area contributed by atoms with Crippen LogP contribution in [0.25, 0.3) is 0 Å². The zero-order valence-corrected chi connectivity index (χ0v) is 13.7. The van der Waals surface area contributed by atoms with Crippen LogP contribution in [0.2, 0.25) is 0 Å². The fourth-order valence-electron chi connectivity index (χ4n) is 3.73. The molecule has 1 saturated heterocycles. The molecule has 3 rings (SSSR count). The van der Waals surface area contributed by atoms with Gasteiger partial charge in [0.05, 0.1) is 12.2 Å². The van der Waals surface area contributed by atoms with Crippen molar-refractivity contribution in [3.8, 4) is 5.75 Å². The van der Waals surface area contributed by atoms with Gasteiger partial charge in [0.1, 0.15) is 11.9 Å². The zero-order chi connectivity index (χ0) is 14.9. The second-order valence-corrected chi connectivity index (χ2v) is 7.15. The van der Waals surface area contributed by atoms with Crippen molar-refractivity contribution in [2.24, 2.45) is 0 Å². The molecule has 2 aliphatic rings. The Labute approximate surface area is 128 Å². The summed E-state index contributed by atoms with van der Waals surface area (Å²) in [6.07, 6.45) is 7.47. The molecule has 1 atom stereocenters. The minimum atomic E-state index is 0.131. The van der Waals surface area contributed by atoms with E-state index in [0.717, 1.165) is 25.2 Å². The van der Waals surface area contributed by atoms with Gasteiger partial charge in [0.2, 0.25) is 0 Å². The van der Waals surface area contributed by atoms with Crippen LogP contribution in [0.15, 0.2) is 18.2 Å². The van der Waals surface area contributed by atoms with Gasteiger partial charge in [0, 0.05) is 12.8 Å². The lowest BCUT2D eigenvalue weighted by molar-refractivity contribution is -0.108. The van der Waals surface area contributed by atoms with Crippen molar-refractivity contribution in [1.82, 2.24) is 0 Å². The van der Waals surface area contributed by atoms with E-state index >= 15 is 0 Å². The molecule has 1 aliphatic carbocycles. The van der Waals surface area contributed by atoms with Crippen LogP contribution in [-0.2, 0) is 4.74 Å². The Kier molecular flexibility index (Phi) is 4.26. The highest BCUT2D eigenvalue weighted by molar-refractivity contribution is 5.38. The van der Waals surface area contributed by atoms with Crippen LogP contribution in [0.4, 0.5) is 0 Å². The van der Waals surface area contributed by atoms with Gasteiger partial charge in [-0.3, -0.25) is 0 Å². The Bertz CT molecular complexity index is 486. The number of benzene rings is 1. The summed E-state index contributed by atoms with van der Waals surface area (Å²) in [5.74, 6) is 1.62. The van der Waals surface area contributed by atoms with Gasteiger partial charge in [-0.25, -0.2) is 0 Å². The Morgan fingerprint density at radius 1 is 1.24 bits per heavy atom. The SMILES string of the molecule is Cc1ccc(C(C)C)cc1OC1CCOC2(CCCC2)C1. The summed E-state index contributed by atoms with van der Waals surface area (Å²) in [5.41, 5.74) is 2.73. The van der Waals surface area contributed by atoms with Crippen LogP contribution in [0.1, 0.15) is 69.4 Å². The summed E-state index contributed by atoms with van der Waals surface area (Å²) < 4.78 is 12.5. The third-order valence-corrected chi connectivity index (χ3v) is 5.14. The molecule has 1 unspecified atom stereocenters. The van der Waals surface area contributed by atoms with Crippen LogP contribution >= 0.6 is 0 Å². The Hall–Kier alpha value is -1.02. The summed E-state index contributed by atoms with van der Waals surface area (Å²) in [5, 5.41) is 0. The van der Waals surface area contributed by atoms with Crippen LogP contribution in [0, 0.1) is 6.92 Å². The van der Waals surface area contributed by atoms with Gasteiger partial charge >= 0.3 is 0 Å². The minimum absolute atomic E-state index is 0.131. The highest BCUT2D eigenvalue weighted by Crippen LogP contribution is 2.41. The van der Waals surface area contributed by atoms with Gasteiger partial charge < -0.3 is 9.47 Å². The van der Waals surface area contributed by atoms with E-state index in [4.69, 9.17) is 9.47 Å². The van der Waals surface area contributed by atoms with E-state index in [-0.39, 0.29) is 5.60 Å². The first-order chi connectivity index (χ1) is 10.1. The first-order valence-electron chi connectivity index (χ1n) is 8.49. The number of rotatable bonds is 3. The standard InChI is InChI=1S/C19H28O2/c1-14(2)16-7-6-15(3)18(12-16)21-17-8-11-20-19(13-17)9-4-5-10-19/h6-7,12,14,17H,4-5,8-11,13H2,1-3H3. The average Bonchev–Trinajstić information content (AvgIpc) is 2.89. The van der Waals surface area contributed by atoms with Crippen molar-refractivity contribution >= 4 is 0 Å². The zero-order valence-electron chi connectivity index (χ0n) is 13.7. The highest BCUT2D eigenvalue weighted by Gasteiger charge is 2.40. The molecule has 1 spiro atoms. The summed E-state index contributed by atoms with van der Waals surface area (Å²) in [6.45, 7) is 7.46. The lowest BCUT2D eigenvalue weighted by Gasteiger charge is -2.38. The molecule has 2 fully saturated rings. The van der Waals surface area contributed by atoms with Crippen molar-refractivity contribution in [3.05, 3.63) is 29.3 Å². The smallest absolute Gasteiger partial charge is 0.122 e. The Balaban J connectivity index is 1.72. The molecule has 1 aliphatic heterocycles. The summed E-state index contributed by atoms with van der Waals surface area (Å²) >= 11 is 0. The molecule has 1 aromatic carbocycles. The molecule has 0 aromatic heterocycles. The summed E-state index contributed by atoms with van der Waals surface area (Å²) in [6, 6.07) is 6.64.